The van der Waals surface area contributed by atoms with E-state index < -0.39 is 0 Å². The number of hydrogen-bond acceptors (Lipinski definition) is 5. The molecule has 0 bridgehead atoms. The Bertz CT molecular complexity index is 717. The average Bonchev–Trinajstić information content (AvgIpc) is 3.35. The Morgan fingerprint density at radius 2 is 2.25 bits per heavy atom. The summed E-state index contributed by atoms with van der Waals surface area (Å²) >= 11 is 1.79. The van der Waals surface area contributed by atoms with Crippen molar-refractivity contribution in [3.05, 3.63) is 52.0 Å². The van der Waals surface area contributed by atoms with Crippen LogP contribution in [0.1, 0.15) is 46.7 Å². The Morgan fingerprint density at radius 3 is 3.00 bits per heavy atom. The first-order valence-electron chi connectivity index (χ1n) is 8.50. The zero-order valence-corrected chi connectivity index (χ0v) is 14.6. The number of rotatable bonds is 3. The van der Waals surface area contributed by atoms with Crippen molar-refractivity contribution in [1.29, 1.82) is 0 Å². The van der Waals surface area contributed by atoms with Crippen LogP contribution in [0.2, 0.25) is 0 Å². The van der Waals surface area contributed by atoms with E-state index in [4.69, 9.17) is 0 Å². The summed E-state index contributed by atoms with van der Waals surface area (Å²) in [6.45, 7) is 2.95. The number of amides is 1. The maximum absolute atomic E-state index is 13.0. The number of carbonyl (C=O) groups is 1. The zero-order valence-electron chi connectivity index (χ0n) is 13.7. The molecule has 0 spiro atoms. The van der Waals surface area contributed by atoms with E-state index in [2.05, 4.69) is 41.0 Å². The predicted octanol–water partition coefficient (Wildman–Crippen LogP) is 2.72. The molecule has 126 valence electrons. The van der Waals surface area contributed by atoms with Crippen molar-refractivity contribution >= 4 is 17.2 Å². The summed E-state index contributed by atoms with van der Waals surface area (Å²) in [6.07, 6.45) is 6.54. The maximum atomic E-state index is 13.0. The van der Waals surface area contributed by atoms with Crippen LogP contribution in [0.25, 0.3) is 0 Å². The molecule has 3 unspecified atom stereocenters. The number of aryl methyl sites for hydroxylation is 1. The summed E-state index contributed by atoms with van der Waals surface area (Å²) in [5.74, 6) is 0.199. The monoisotopic (exact) mass is 342 g/mol. The normalized spacial score (nSPS) is 26.9. The lowest BCUT2D eigenvalue weighted by Gasteiger charge is -2.27. The zero-order chi connectivity index (χ0) is 16.5. The molecule has 0 aliphatic carbocycles. The molecule has 0 saturated carbocycles. The third-order valence-electron chi connectivity index (χ3n) is 4.91. The number of hydrogen-bond donors (Lipinski definition) is 2. The lowest BCUT2D eigenvalue weighted by molar-refractivity contribution is -0.134. The second-order valence-electron chi connectivity index (χ2n) is 6.55. The molecule has 6 heteroatoms. The number of aromatic nitrogens is 1. The summed E-state index contributed by atoms with van der Waals surface area (Å²) < 4.78 is 0. The first kappa shape index (κ1) is 15.7. The highest BCUT2D eigenvalue weighted by molar-refractivity contribution is 7.12. The number of nitrogens with zero attached hydrogens (tertiary/aromatic N) is 2. The van der Waals surface area contributed by atoms with Crippen LogP contribution in [0.5, 0.6) is 0 Å². The molecule has 2 fully saturated rings. The van der Waals surface area contributed by atoms with Crippen molar-refractivity contribution in [2.24, 2.45) is 0 Å². The maximum Gasteiger partial charge on any atom is 0.241 e. The molecule has 2 aromatic rings. The number of hydrazine groups is 1. The molecular formula is C18H22N4OS. The SMILES string of the molecule is Cc1ccc(C2CC(C(=O)N3CCCC3c3cccnc3)NN2)s1. The van der Waals surface area contributed by atoms with Crippen molar-refractivity contribution in [2.45, 2.75) is 44.3 Å². The van der Waals surface area contributed by atoms with E-state index in [0.29, 0.717) is 0 Å². The molecule has 24 heavy (non-hydrogen) atoms. The van der Waals surface area contributed by atoms with E-state index in [1.807, 2.05) is 17.2 Å². The van der Waals surface area contributed by atoms with Gasteiger partial charge in [-0.3, -0.25) is 9.78 Å². The molecule has 4 rings (SSSR count). The molecule has 2 aromatic heterocycles. The Labute approximate surface area is 146 Å². The summed E-state index contributed by atoms with van der Waals surface area (Å²) in [5.41, 5.74) is 7.65. The van der Waals surface area contributed by atoms with Gasteiger partial charge in [0, 0.05) is 28.7 Å². The van der Waals surface area contributed by atoms with Crippen LogP contribution in [0.15, 0.2) is 36.7 Å². The lowest BCUT2D eigenvalue weighted by Crippen LogP contribution is -2.45. The van der Waals surface area contributed by atoms with E-state index in [1.54, 1.807) is 17.5 Å². The lowest BCUT2D eigenvalue weighted by atomic mass is 10.0. The first-order chi connectivity index (χ1) is 11.7. The largest absolute Gasteiger partial charge is 0.334 e. The van der Waals surface area contributed by atoms with Gasteiger partial charge in [0.1, 0.15) is 6.04 Å². The summed E-state index contributed by atoms with van der Waals surface area (Å²) in [4.78, 5) is 21.9. The number of likely N-dealkylation sites (tertiary alicyclic amines) is 1. The summed E-state index contributed by atoms with van der Waals surface area (Å²) in [5, 5.41) is 0. The van der Waals surface area contributed by atoms with Gasteiger partial charge >= 0.3 is 0 Å². The molecule has 2 aliphatic heterocycles. The van der Waals surface area contributed by atoms with Gasteiger partial charge in [0.15, 0.2) is 0 Å². The molecule has 2 N–H and O–H groups in total. The second kappa shape index (κ2) is 6.63. The van der Waals surface area contributed by atoms with Crippen LogP contribution < -0.4 is 10.9 Å². The Morgan fingerprint density at radius 1 is 1.33 bits per heavy atom. The Hall–Kier alpha value is -1.76. The molecule has 0 radical (unpaired) electrons. The molecule has 0 aromatic carbocycles. The minimum Gasteiger partial charge on any atom is -0.334 e. The van der Waals surface area contributed by atoms with Crippen molar-refractivity contribution < 1.29 is 4.79 Å². The number of carbonyl (C=O) groups excluding carboxylic acids is 1. The van der Waals surface area contributed by atoms with Gasteiger partial charge < -0.3 is 4.90 Å². The smallest absolute Gasteiger partial charge is 0.241 e. The molecule has 3 atom stereocenters. The van der Waals surface area contributed by atoms with Crippen molar-refractivity contribution in [2.75, 3.05) is 6.54 Å². The Balaban J connectivity index is 1.46. The van der Waals surface area contributed by atoms with E-state index in [9.17, 15) is 4.79 Å². The van der Waals surface area contributed by atoms with Crippen molar-refractivity contribution in [3.63, 3.8) is 0 Å². The van der Waals surface area contributed by atoms with E-state index >= 15 is 0 Å². The fraction of sp³-hybridized carbons (Fsp3) is 0.444. The van der Waals surface area contributed by atoms with Crippen LogP contribution >= 0.6 is 11.3 Å². The third kappa shape index (κ3) is 2.97. The van der Waals surface area contributed by atoms with Crippen LogP contribution in [0, 0.1) is 6.92 Å². The van der Waals surface area contributed by atoms with Gasteiger partial charge in [-0.25, -0.2) is 10.9 Å². The second-order valence-corrected chi connectivity index (χ2v) is 7.87. The van der Waals surface area contributed by atoms with Crippen LogP contribution in [0.3, 0.4) is 0 Å². The van der Waals surface area contributed by atoms with Crippen molar-refractivity contribution in [1.82, 2.24) is 20.7 Å². The Kier molecular flexibility index (Phi) is 4.35. The molecule has 2 aliphatic rings. The summed E-state index contributed by atoms with van der Waals surface area (Å²) in [7, 11) is 0. The molecule has 1 amide bonds. The molecule has 5 nitrogen and oxygen atoms in total. The first-order valence-corrected chi connectivity index (χ1v) is 9.32. The fourth-order valence-corrected chi connectivity index (χ4v) is 4.64. The molecule has 4 heterocycles. The summed E-state index contributed by atoms with van der Waals surface area (Å²) in [6, 6.07) is 8.53. The number of pyridine rings is 1. The highest BCUT2D eigenvalue weighted by Crippen LogP contribution is 2.34. The number of nitrogens with one attached hydrogen (secondary N) is 2. The van der Waals surface area contributed by atoms with E-state index in [-0.39, 0.29) is 24.0 Å². The van der Waals surface area contributed by atoms with Gasteiger partial charge in [0.25, 0.3) is 0 Å². The minimum atomic E-state index is -0.158. The highest BCUT2D eigenvalue weighted by Gasteiger charge is 2.38. The van der Waals surface area contributed by atoms with Gasteiger partial charge in [0.2, 0.25) is 5.91 Å². The van der Waals surface area contributed by atoms with E-state index in [1.165, 1.54) is 9.75 Å². The van der Waals surface area contributed by atoms with Crippen LogP contribution in [-0.2, 0) is 4.79 Å². The molecular weight excluding hydrogens is 320 g/mol. The highest BCUT2D eigenvalue weighted by atomic mass is 32.1. The van der Waals surface area contributed by atoms with E-state index in [0.717, 1.165) is 31.4 Å². The van der Waals surface area contributed by atoms with Gasteiger partial charge in [-0.2, -0.15) is 0 Å². The third-order valence-corrected chi connectivity index (χ3v) is 6.03. The van der Waals surface area contributed by atoms with Crippen molar-refractivity contribution in [3.8, 4) is 0 Å². The molecule has 2 saturated heterocycles. The van der Waals surface area contributed by atoms with Gasteiger partial charge in [-0.15, -0.1) is 11.3 Å². The van der Waals surface area contributed by atoms with Gasteiger partial charge in [-0.1, -0.05) is 6.07 Å². The van der Waals surface area contributed by atoms with Gasteiger partial charge in [0.05, 0.1) is 12.1 Å². The van der Waals surface area contributed by atoms with Gasteiger partial charge in [-0.05, 0) is 49.9 Å². The standard InChI is InChI=1S/C18H22N4OS/c1-12-6-7-17(24-12)14-10-15(21-20-14)18(23)22-9-3-5-16(22)13-4-2-8-19-11-13/h2,4,6-8,11,14-16,20-21H,3,5,9-10H2,1H3. The predicted molar refractivity (Wildman–Crippen MR) is 94.4 cm³/mol. The van der Waals surface area contributed by atoms with Crippen LogP contribution in [-0.4, -0.2) is 28.4 Å². The minimum absolute atomic E-state index is 0.158. The quantitative estimate of drug-likeness (QED) is 0.900. The fourth-order valence-electron chi connectivity index (χ4n) is 3.70. The number of thiophene rings is 1. The van der Waals surface area contributed by atoms with Crippen LogP contribution in [0.4, 0.5) is 0 Å². The topological polar surface area (TPSA) is 57.3 Å². The average molecular weight is 342 g/mol.